The van der Waals surface area contributed by atoms with Gasteiger partial charge < -0.3 is 5.11 Å². The molecule has 0 aliphatic carbocycles. The third-order valence-electron chi connectivity index (χ3n) is 3.53. The number of nitrogens with zero attached hydrogens (tertiary/aromatic N) is 1. The molecule has 0 aromatic heterocycles. The summed E-state index contributed by atoms with van der Waals surface area (Å²) in [4.78, 5) is 12.9. The highest BCUT2D eigenvalue weighted by Crippen LogP contribution is 2.26. The van der Waals surface area contributed by atoms with Gasteiger partial charge in [-0.25, -0.2) is 0 Å². The lowest BCUT2D eigenvalue weighted by molar-refractivity contribution is -0.137. The summed E-state index contributed by atoms with van der Waals surface area (Å²) in [5, 5.41) is 9.43. The minimum Gasteiger partial charge on any atom is -0.481 e. The Morgan fingerprint density at radius 2 is 2.32 bits per heavy atom. The van der Waals surface area contributed by atoms with Crippen molar-refractivity contribution in [1.82, 2.24) is 4.90 Å². The Bertz CT molecular complexity index is 467. The van der Waals surface area contributed by atoms with Crippen LogP contribution in [0, 0.1) is 5.92 Å². The highest BCUT2D eigenvalue weighted by Gasteiger charge is 2.22. The van der Waals surface area contributed by atoms with Crippen LogP contribution in [-0.4, -0.2) is 29.1 Å². The van der Waals surface area contributed by atoms with Crippen LogP contribution in [0.2, 0.25) is 5.02 Å². The molecular weight excluding hydrogens is 330 g/mol. The predicted molar refractivity (Wildman–Crippen MR) is 79.4 cm³/mol. The zero-order valence-electron chi connectivity index (χ0n) is 10.6. The van der Waals surface area contributed by atoms with Crippen molar-refractivity contribution in [2.75, 3.05) is 13.1 Å². The van der Waals surface area contributed by atoms with E-state index in [0.717, 1.165) is 42.0 Å². The van der Waals surface area contributed by atoms with Crippen LogP contribution < -0.4 is 0 Å². The number of aliphatic carboxylic acids is 1. The molecule has 1 atom stereocenters. The van der Waals surface area contributed by atoms with Crippen molar-refractivity contribution in [2.45, 2.75) is 25.8 Å². The highest BCUT2D eigenvalue weighted by atomic mass is 79.9. The number of carboxylic acids is 1. The van der Waals surface area contributed by atoms with Crippen LogP contribution in [0.1, 0.15) is 24.8 Å². The molecule has 0 radical (unpaired) electrons. The molecule has 1 heterocycles. The molecule has 104 valence electrons. The van der Waals surface area contributed by atoms with Crippen molar-refractivity contribution >= 4 is 33.5 Å². The number of halogens is 2. The van der Waals surface area contributed by atoms with Crippen LogP contribution in [0.25, 0.3) is 0 Å². The van der Waals surface area contributed by atoms with Crippen LogP contribution >= 0.6 is 27.5 Å². The largest absolute Gasteiger partial charge is 0.481 e. The lowest BCUT2D eigenvalue weighted by atomic mass is 10.0. The maximum Gasteiger partial charge on any atom is 0.303 e. The third kappa shape index (κ3) is 4.48. The third-order valence-corrected chi connectivity index (χ3v) is 4.74. The van der Waals surface area contributed by atoms with Crippen molar-refractivity contribution in [3.05, 3.63) is 33.3 Å². The van der Waals surface area contributed by atoms with E-state index in [4.69, 9.17) is 16.7 Å². The van der Waals surface area contributed by atoms with Crippen molar-refractivity contribution in [2.24, 2.45) is 5.92 Å². The van der Waals surface area contributed by atoms with Gasteiger partial charge in [0.25, 0.3) is 0 Å². The van der Waals surface area contributed by atoms with Gasteiger partial charge in [0.05, 0.1) is 5.02 Å². The maximum atomic E-state index is 10.6. The summed E-state index contributed by atoms with van der Waals surface area (Å²) in [6.07, 6.45) is 2.17. The molecule has 1 unspecified atom stereocenters. The molecular formula is C14H17BrClNO2. The fourth-order valence-electron chi connectivity index (χ4n) is 2.52. The van der Waals surface area contributed by atoms with Gasteiger partial charge >= 0.3 is 5.97 Å². The van der Waals surface area contributed by atoms with E-state index >= 15 is 0 Å². The molecule has 0 bridgehead atoms. The zero-order chi connectivity index (χ0) is 13.8. The summed E-state index contributed by atoms with van der Waals surface area (Å²) in [6.45, 7) is 2.94. The van der Waals surface area contributed by atoms with E-state index in [2.05, 4.69) is 20.8 Å². The standard InChI is InChI=1S/C14H17BrClNO2/c15-12-7-11(1-3-13(12)16)9-17-6-5-10(8-17)2-4-14(18)19/h1,3,7,10H,2,4-6,8-9H2,(H,18,19). The van der Waals surface area contributed by atoms with Crippen molar-refractivity contribution in [3.8, 4) is 0 Å². The number of carbonyl (C=O) groups is 1. The Morgan fingerprint density at radius 3 is 3.00 bits per heavy atom. The first kappa shape index (κ1) is 14.8. The van der Waals surface area contributed by atoms with Gasteiger partial charge in [-0.1, -0.05) is 17.7 Å². The van der Waals surface area contributed by atoms with E-state index in [0.29, 0.717) is 5.92 Å². The molecule has 5 heteroatoms. The van der Waals surface area contributed by atoms with Gasteiger partial charge in [-0.05, 0) is 58.9 Å². The molecule has 19 heavy (non-hydrogen) atoms. The Labute approximate surface area is 126 Å². The fourth-order valence-corrected chi connectivity index (χ4v) is 3.06. The Kier molecular flexibility index (Phi) is 5.25. The second-order valence-corrected chi connectivity index (χ2v) is 6.33. The topological polar surface area (TPSA) is 40.5 Å². The summed E-state index contributed by atoms with van der Waals surface area (Å²) in [5.41, 5.74) is 1.23. The maximum absolute atomic E-state index is 10.6. The van der Waals surface area contributed by atoms with Gasteiger partial charge in [0, 0.05) is 24.0 Å². The van der Waals surface area contributed by atoms with Crippen LogP contribution in [-0.2, 0) is 11.3 Å². The Balaban J connectivity index is 1.84. The van der Waals surface area contributed by atoms with Gasteiger partial charge in [-0.15, -0.1) is 0 Å². The molecule has 1 saturated heterocycles. The Hall–Kier alpha value is -0.580. The minimum absolute atomic E-state index is 0.283. The fraction of sp³-hybridized carbons (Fsp3) is 0.500. The van der Waals surface area contributed by atoms with E-state index in [1.165, 1.54) is 5.56 Å². The first-order valence-corrected chi connectivity index (χ1v) is 7.60. The van der Waals surface area contributed by atoms with Crippen molar-refractivity contribution < 1.29 is 9.90 Å². The number of likely N-dealkylation sites (tertiary alicyclic amines) is 1. The summed E-state index contributed by atoms with van der Waals surface area (Å²) in [7, 11) is 0. The summed E-state index contributed by atoms with van der Waals surface area (Å²) < 4.78 is 0.924. The van der Waals surface area contributed by atoms with Gasteiger partial charge in [-0.3, -0.25) is 9.69 Å². The average molecular weight is 347 g/mol. The number of carboxylic acid groups (broad SMARTS) is 1. The van der Waals surface area contributed by atoms with Crippen molar-refractivity contribution in [3.63, 3.8) is 0 Å². The smallest absolute Gasteiger partial charge is 0.303 e. The molecule has 3 nitrogen and oxygen atoms in total. The number of hydrogen-bond acceptors (Lipinski definition) is 2. The predicted octanol–water partition coefficient (Wildman–Crippen LogP) is 3.79. The molecule has 0 amide bonds. The summed E-state index contributed by atoms with van der Waals surface area (Å²) in [6, 6.07) is 5.99. The first-order valence-electron chi connectivity index (χ1n) is 6.42. The van der Waals surface area contributed by atoms with Crippen LogP contribution in [0.3, 0.4) is 0 Å². The molecule has 1 aliphatic heterocycles. The molecule has 0 spiro atoms. The number of rotatable bonds is 5. The quantitative estimate of drug-likeness (QED) is 0.882. The lowest BCUT2D eigenvalue weighted by Gasteiger charge is -2.16. The van der Waals surface area contributed by atoms with Crippen LogP contribution in [0.4, 0.5) is 0 Å². The normalized spacial score (nSPS) is 19.8. The average Bonchev–Trinajstić information content (AvgIpc) is 2.79. The molecule has 2 rings (SSSR count). The summed E-state index contributed by atoms with van der Waals surface area (Å²) in [5.74, 6) is -0.174. The lowest BCUT2D eigenvalue weighted by Crippen LogP contribution is -2.20. The molecule has 1 aromatic rings. The molecule has 1 aromatic carbocycles. The second-order valence-electron chi connectivity index (χ2n) is 5.07. The van der Waals surface area contributed by atoms with E-state index in [1.54, 1.807) is 0 Å². The minimum atomic E-state index is -0.694. The SMILES string of the molecule is O=C(O)CCC1CCN(Cc2ccc(Cl)c(Br)c2)C1. The van der Waals surface area contributed by atoms with Gasteiger partial charge in [-0.2, -0.15) is 0 Å². The zero-order valence-corrected chi connectivity index (χ0v) is 13.0. The number of hydrogen-bond donors (Lipinski definition) is 1. The van der Waals surface area contributed by atoms with Crippen LogP contribution in [0.15, 0.2) is 22.7 Å². The second kappa shape index (κ2) is 6.73. The number of benzene rings is 1. The van der Waals surface area contributed by atoms with E-state index in [-0.39, 0.29) is 6.42 Å². The van der Waals surface area contributed by atoms with Gasteiger partial charge in [0.1, 0.15) is 0 Å². The summed E-state index contributed by atoms with van der Waals surface area (Å²) >= 11 is 9.41. The first-order chi connectivity index (χ1) is 9.04. The monoisotopic (exact) mass is 345 g/mol. The van der Waals surface area contributed by atoms with E-state index in [9.17, 15) is 4.79 Å². The molecule has 1 aliphatic rings. The molecule has 1 fully saturated rings. The highest BCUT2D eigenvalue weighted by molar-refractivity contribution is 9.10. The molecule has 0 saturated carbocycles. The van der Waals surface area contributed by atoms with Gasteiger partial charge in [0.2, 0.25) is 0 Å². The van der Waals surface area contributed by atoms with Gasteiger partial charge in [0.15, 0.2) is 0 Å². The van der Waals surface area contributed by atoms with E-state index in [1.807, 2.05) is 18.2 Å². The van der Waals surface area contributed by atoms with Crippen LogP contribution in [0.5, 0.6) is 0 Å². The van der Waals surface area contributed by atoms with Crippen molar-refractivity contribution in [1.29, 1.82) is 0 Å². The molecule has 1 N–H and O–H groups in total. The Morgan fingerprint density at radius 1 is 1.53 bits per heavy atom. The van der Waals surface area contributed by atoms with E-state index < -0.39 is 5.97 Å².